The highest BCUT2D eigenvalue weighted by Gasteiger charge is 2.29. The van der Waals surface area contributed by atoms with Gasteiger partial charge in [0.1, 0.15) is 0 Å². The SMILES string of the molecule is c1ccc(-c2cccc(-n3c4cc5c(c6c4c4c7c(cccc7ccc43)-c3ccccc3-6)c3ccccc3n5-c3ccccc3)c2)cc1. The Hall–Kier alpha value is -6.38. The maximum atomic E-state index is 2.51. The van der Waals surface area contributed by atoms with Gasteiger partial charge in [-0.1, -0.05) is 127 Å². The first-order valence-corrected chi connectivity index (χ1v) is 16.6. The van der Waals surface area contributed by atoms with Gasteiger partial charge in [0.25, 0.3) is 0 Å². The van der Waals surface area contributed by atoms with Crippen LogP contribution in [0.5, 0.6) is 0 Å². The number of fused-ring (bicyclic) bond motifs is 7. The Balaban J connectivity index is 1.42. The molecule has 0 fully saturated rings. The zero-order valence-electron chi connectivity index (χ0n) is 26.1. The maximum Gasteiger partial charge on any atom is 0.0568 e. The largest absolute Gasteiger partial charge is 0.309 e. The molecule has 0 bridgehead atoms. The molecule has 0 radical (unpaired) electrons. The van der Waals surface area contributed by atoms with E-state index in [9.17, 15) is 0 Å². The van der Waals surface area contributed by atoms with Crippen molar-refractivity contribution in [1.82, 2.24) is 9.13 Å². The van der Waals surface area contributed by atoms with Gasteiger partial charge in [-0.2, -0.15) is 0 Å². The van der Waals surface area contributed by atoms with Gasteiger partial charge in [-0.15, -0.1) is 0 Å². The summed E-state index contributed by atoms with van der Waals surface area (Å²) < 4.78 is 4.97. The lowest BCUT2D eigenvalue weighted by molar-refractivity contribution is 1.17. The Kier molecular flexibility index (Phi) is 5.14. The van der Waals surface area contributed by atoms with Crippen LogP contribution in [0, 0.1) is 0 Å². The molecule has 1 aliphatic carbocycles. The lowest BCUT2D eigenvalue weighted by Crippen LogP contribution is -1.97. The Bertz CT molecular complexity index is 2920. The van der Waals surface area contributed by atoms with Gasteiger partial charge in [0.05, 0.1) is 22.1 Å². The van der Waals surface area contributed by atoms with Crippen molar-refractivity contribution in [1.29, 1.82) is 0 Å². The number of hydrogen-bond donors (Lipinski definition) is 0. The summed E-state index contributed by atoms with van der Waals surface area (Å²) in [6, 6.07) is 62.4. The molecule has 11 rings (SSSR count). The summed E-state index contributed by atoms with van der Waals surface area (Å²) in [7, 11) is 0. The highest BCUT2D eigenvalue weighted by molar-refractivity contribution is 6.36. The van der Waals surface area contributed by atoms with Gasteiger partial charge in [-0.3, -0.25) is 0 Å². The van der Waals surface area contributed by atoms with Crippen LogP contribution in [-0.4, -0.2) is 9.13 Å². The maximum absolute atomic E-state index is 2.51. The first-order valence-electron chi connectivity index (χ1n) is 16.6. The van der Waals surface area contributed by atoms with E-state index in [-0.39, 0.29) is 0 Å². The average molecular weight is 609 g/mol. The summed E-state index contributed by atoms with van der Waals surface area (Å²) in [4.78, 5) is 0. The van der Waals surface area contributed by atoms with E-state index in [0.717, 1.165) is 11.4 Å². The molecule has 10 aromatic rings. The van der Waals surface area contributed by atoms with E-state index in [1.54, 1.807) is 0 Å². The third-order valence-electron chi connectivity index (χ3n) is 10.4. The van der Waals surface area contributed by atoms with Gasteiger partial charge in [-0.05, 0) is 81.1 Å². The minimum atomic E-state index is 1.16. The molecule has 0 N–H and O–H groups in total. The molecule has 0 amide bonds. The standard InChI is InChI=1S/C46H28N2/c1-3-13-29(14-4-1)31-16-11-19-33(27-31)48-39-26-25-30-15-12-23-35-34-20-7-8-21-36(34)44-43-37-22-9-10-24-38(37)47(32-17-5-2-6-18-32)40(43)28-41(48)46(44)45(39)42(30)35/h1-28H. The molecule has 0 unspecified atom stereocenters. The van der Waals surface area contributed by atoms with E-state index in [0.29, 0.717) is 0 Å². The Labute approximate surface area is 277 Å². The molecule has 0 aliphatic heterocycles. The molecule has 48 heavy (non-hydrogen) atoms. The van der Waals surface area contributed by atoms with Crippen LogP contribution in [0.2, 0.25) is 0 Å². The van der Waals surface area contributed by atoms with E-state index in [1.807, 2.05) is 0 Å². The quantitative estimate of drug-likeness (QED) is 0.189. The predicted molar refractivity (Wildman–Crippen MR) is 202 cm³/mol. The van der Waals surface area contributed by atoms with Crippen molar-refractivity contribution in [2.45, 2.75) is 0 Å². The van der Waals surface area contributed by atoms with Gasteiger partial charge in [0, 0.05) is 38.5 Å². The number of aromatic nitrogens is 2. The number of para-hydroxylation sites is 2. The Morgan fingerprint density at radius 1 is 0.312 bits per heavy atom. The second kappa shape index (κ2) is 9.57. The molecule has 2 nitrogen and oxygen atoms in total. The van der Waals surface area contributed by atoms with Gasteiger partial charge in [0.2, 0.25) is 0 Å². The number of rotatable bonds is 3. The molecule has 0 saturated carbocycles. The van der Waals surface area contributed by atoms with Crippen LogP contribution in [-0.2, 0) is 0 Å². The zero-order valence-corrected chi connectivity index (χ0v) is 26.1. The van der Waals surface area contributed by atoms with Gasteiger partial charge in [0.15, 0.2) is 0 Å². The normalized spacial score (nSPS) is 12.2. The van der Waals surface area contributed by atoms with Crippen LogP contribution in [0.25, 0.3) is 99.1 Å². The van der Waals surface area contributed by atoms with E-state index < -0.39 is 0 Å². The fourth-order valence-electron chi connectivity index (χ4n) is 8.50. The van der Waals surface area contributed by atoms with Crippen LogP contribution in [0.4, 0.5) is 0 Å². The summed E-state index contributed by atoms with van der Waals surface area (Å²) in [6.07, 6.45) is 0. The van der Waals surface area contributed by atoms with Gasteiger partial charge < -0.3 is 9.13 Å². The number of hydrogen-bond acceptors (Lipinski definition) is 0. The minimum absolute atomic E-state index is 1.16. The van der Waals surface area contributed by atoms with Crippen molar-refractivity contribution in [3.63, 3.8) is 0 Å². The van der Waals surface area contributed by atoms with E-state index in [2.05, 4.69) is 179 Å². The van der Waals surface area contributed by atoms with Crippen LogP contribution in [0.15, 0.2) is 170 Å². The first kappa shape index (κ1) is 25.8. The Morgan fingerprint density at radius 2 is 0.958 bits per heavy atom. The van der Waals surface area contributed by atoms with Crippen molar-refractivity contribution >= 4 is 54.4 Å². The summed E-state index contributed by atoms with van der Waals surface area (Å²) in [5, 5.41) is 7.82. The third kappa shape index (κ3) is 3.36. The second-order valence-electron chi connectivity index (χ2n) is 12.9. The van der Waals surface area contributed by atoms with Gasteiger partial charge in [-0.25, -0.2) is 0 Å². The van der Waals surface area contributed by atoms with Crippen molar-refractivity contribution in [3.8, 4) is 44.8 Å². The highest BCUT2D eigenvalue weighted by Crippen LogP contribution is 2.53. The lowest BCUT2D eigenvalue weighted by atomic mass is 9.91. The second-order valence-corrected chi connectivity index (χ2v) is 12.9. The van der Waals surface area contributed by atoms with E-state index in [1.165, 1.54) is 87.8 Å². The molecule has 8 aromatic carbocycles. The summed E-state index contributed by atoms with van der Waals surface area (Å²) in [5.74, 6) is 0. The van der Waals surface area contributed by atoms with Crippen molar-refractivity contribution in [2.24, 2.45) is 0 Å². The monoisotopic (exact) mass is 608 g/mol. The molecule has 2 aromatic heterocycles. The fraction of sp³-hybridized carbons (Fsp3) is 0. The Morgan fingerprint density at radius 3 is 1.83 bits per heavy atom. The molecular formula is C46H28N2. The summed E-state index contributed by atoms with van der Waals surface area (Å²) in [5.41, 5.74) is 14.8. The number of benzene rings is 8. The molecule has 0 spiro atoms. The smallest absolute Gasteiger partial charge is 0.0568 e. The predicted octanol–water partition coefficient (Wildman–Crippen LogP) is 12.3. The highest BCUT2D eigenvalue weighted by atomic mass is 15.0. The average Bonchev–Trinajstić information content (AvgIpc) is 3.63. The van der Waals surface area contributed by atoms with E-state index >= 15 is 0 Å². The summed E-state index contributed by atoms with van der Waals surface area (Å²) >= 11 is 0. The molecule has 0 atom stereocenters. The molecular weight excluding hydrogens is 581 g/mol. The van der Waals surface area contributed by atoms with Crippen LogP contribution in [0.3, 0.4) is 0 Å². The van der Waals surface area contributed by atoms with Crippen molar-refractivity contribution < 1.29 is 0 Å². The van der Waals surface area contributed by atoms with Crippen molar-refractivity contribution in [2.75, 3.05) is 0 Å². The minimum Gasteiger partial charge on any atom is -0.309 e. The van der Waals surface area contributed by atoms with Crippen LogP contribution in [0.1, 0.15) is 0 Å². The first-order chi connectivity index (χ1) is 23.8. The topological polar surface area (TPSA) is 9.86 Å². The fourth-order valence-corrected chi connectivity index (χ4v) is 8.50. The zero-order chi connectivity index (χ0) is 31.3. The molecule has 0 saturated heterocycles. The third-order valence-corrected chi connectivity index (χ3v) is 10.4. The van der Waals surface area contributed by atoms with Crippen LogP contribution >= 0.6 is 0 Å². The number of nitrogens with zero attached hydrogens (tertiary/aromatic N) is 2. The molecule has 222 valence electrons. The molecule has 1 aliphatic rings. The molecule has 2 heterocycles. The lowest BCUT2D eigenvalue weighted by Gasteiger charge is -2.16. The summed E-state index contributed by atoms with van der Waals surface area (Å²) in [6.45, 7) is 0. The van der Waals surface area contributed by atoms with E-state index in [4.69, 9.17) is 0 Å². The molecule has 2 heteroatoms. The van der Waals surface area contributed by atoms with Crippen LogP contribution < -0.4 is 0 Å². The van der Waals surface area contributed by atoms with Gasteiger partial charge >= 0.3 is 0 Å². The van der Waals surface area contributed by atoms with Crippen molar-refractivity contribution in [3.05, 3.63) is 170 Å².